The summed E-state index contributed by atoms with van der Waals surface area (Å²) in [4.78, 5) is 15.2. The number of carbonyl (C=O) groups is 1. The summed E-state index contributed by atoms with van der Waals surface area (Å²) in [5.74, 6) is -5.31. The van der Waals surface area contributed by atoms with E-state index in [9.17, 15) is 31.5 Å². The van der Waals surface area contributed by atoms with E-state index in [2.05, 4.69) is 4.98 Å². The predicted molar refractivity (Wildman–Crippen MR) is 155 cm³/mol. The van der Waals surface area contributed by atoms with Gasteiger partial charge in [0.1, 0.15) is 16.5 Å². The largest absolute Gasteiger partial charge is 0.476 e. The second-order valence-electron chi connectivity index (χ2n) is 11.1. The van der Waals surface area contributed by atoms with Crippen molar-refractivity contribution in [3.05, 3.63) is 87.6 Å². The van der Waals surface area contributed by atoms with Gasteiger partial charge in [0.05, 0.1) is 11.4 Å². The number of hydrogen-bond acceptors (Lipinski definition) is 6. The van der Waals surface area contributed by atoms with Gasteiger partial charge in [-0.25, -0.2) is 45.6 Å². The SMILES string of the molecule is NS(=O)(=O)c1ccc(Cc2c(-c3ccc(F)c(C4=CCC(F)(F)CC4)c3)nn(-c3nc(C(=O)O)cs3)c2CC2CC2)cc1F. The molecule has 0 radical (unpaired) electrons. The number of carboxylic acids is 1. The highest BCUT2D eigenvalue weighted by Gasteiger charge is 2.33. The van der Waals surface area contributed by atoms with Crippen LogP contribution in [0.5, 0.6) is 0 Å². The highest BCUT2D eigenvalue weighted by atomic mass is 32.2. The zero-order valence-corrected chi connectivity index (χ0v) is 24.7. The predicted octanol–water partition coefficient (Wildman–Crippen LogP) is 6.37. The number of rotatable bonds is 9. The molecule has 8 nitrogen and oxygen atoms in total. The van der Waals surface area contributed by atoms with Crippen molar-refractivity contribution in [2.45, 2.75) is 55.8 Å². The molecule has 2 aliphatic carbocycles. The van der Waals surface area contributed by atoms with Gasteiger partial charge in [-0.2, -0.15) is 5.10 Å². The average molecular weight is 647 g/mol. The Bertz CT molecular complexity index is 1930. The molecule has 0 saturated heterocycles. The molecule has 4 aromatic rings. The monoisotopic (exact) mass is 646 g/mol. The van der Waals surface area contributed by atoms with E-state index in [1.54, 1.807) is 10.7 Å². The fourth-order valence-corrected chi connectivity index (χ4v) is 6.73. The maximum absolute atomic E-state index is 15.1. The number of nitrogens with two attached hydrogens (primary N) is 1. The molecule has 2 aliphatic rings. The number of carboxylic acid groups (broad SMARTS) is 1. The molecule has 0 amide bonds. The van der Waals surface area contributed by atoms with Crippen LogP contribution in [0, 0.1) is 17.6 Å². The lowest BCUT2D eigenvalue weighted by molar-refractivity contribution is -0.00607. The second kappa shape index (κ2) is 11.2. The number of sulfonamides is 1. The Morgan fingerprint density at radius 3 is 2.52 bits per heavy atom. The van der Waals surface area contributed by atoms with Crippen molar-refractivity contribution in [2.24, 2.45) is 11.1 Å². The molecule has 44 heavy (non-hydrogen) atoms. The first kappa shape index (κ1) is 30.2. The third kappa shape index (κ3) is 6.19. The number of aromatic nitrogens is 3. The lowest BCUT2D eigenvalue weighted by Gasteiger charge is -2.22. The first-order chi connectivity index (χ1) is 20.8. The van der Waals surface area contributed by atoms with E-state index in [0.717, 1.165) is 36.3 Å². The van der Waals surface area contributed by atoms with Crippen LogP contribution in [0.3, 0.4) is 0 Å². The van der Waals surface area contributed by atoms with Gasteiger partial charge in [0.25, 0.3) is 5.92 Å². The molecule has 14 heteroatoms. The average Bonchev–Trinajstić information content (AvgIpc) is 3.51. The summed E-state index contributed by atoms with van der Waals surface area (Å²) in [5.41, 5.74) is 3.09. The Balaban J connectivity index is 1.51. The fraction of sp³-hybridized carbons (Fsp3) is 0.300. The lowest BCUT2D eigenvalue weighted by atomic mass is 9.89. The molecule has 2 aromatic heterocycles. The van der Waals surface area contributed by atoms with E-state index in [4.69, 9.17) is 10.2 Å². The smallest absolute Gasteiger partial charge is 0.355 e. The van der Waals surface area contributed by atoms with Gasteiger partial charge in [0.2, 0.25) is 15.2 Å². The minimum absolute atomic E-state index is 0.00560. The molecular formula is C30H26F4N4O4S2. The van der Waals surface area contributed by atoms with Crippen molar-refractivity contribution in [1.29, 1.82) is 0 Å². The van der Waals surface area contributed by atoms with Crippen molar-refractivity contribution in [3.63, 3.8) is 0 Å². The van der Waals surface area contributed by atoms with Gasteiger partial charge in [-0.3, -0.25) is 0 Å². The molecule has 6 rings (SSSR count). The van der Waals surface area contributed by atoms with E-state index in [0.29, 0.717) is 51.1 Å². The number of allylic oxidation sites excluding steroid dienone is 2. The maximum Gasteiger partial charge on any atom is 0.355 e. The van der Waals surface area contributed by atoms with Crippen molar-refractivity contribution in [3.8, 4) is 16.4 Å². The maximum atomic E-state index is 15.1. The highest BCUT2D eigenvalue weighted by molar-refractivity contribution is 7.89. The van der Waals surface area contributed by atoms with Gasteiger partial charge in [-0.05, 0) is 73.1 Å². The minimum Gasteiger partial charge on any atom is -0.476 e. The quantitative estimate of drug-likeness (QED) is 0.204. The van der Waals surface area contributed by atoms with Crippen molar-refractivity contribution in [1.82, 2.24) is 14.8 Å². The van der Waals surface area contributed by atoms with E-state index >= 15 is 4.39 Å². The topological polar surface area (TPSA) is 128 Å². The van der Waals surface area contributed by atoms with E-state index < -0.39 is 51.3 Å². The Morgan fingerprint density at radius 2 is 1.91 bits per heavy atom. The van der Waals surface area contributed by atoms with Crippen LogP contribution in [-0.2, 0) is 22.9 Å². The zero-order chi connectivity index (χ0) is 31.4. The molecule has 230 valence electrons. The number of hydrogen-bond donors (Lipinski definition) is 2. The molecule has 0 spiro atoms. The number of aromatic carboxylic acids is 1. The van der Waals surface area contributed by atoms with E-state index in [-0.39, 0.29) is 24.1 Å². The first-order valence-corrected chi connectivity index (χ1v) is 16.2. The fourth-order valence-electron chi connectivity index (χ4n) is 5.37. The molecule has 3 N–H and O–H groups in total. The number of alkyl halides is 2. The zero-order valence-electron chi connectivity index (χ0n) is 23.1. The first-order valence-electron chi connectivity index (χ1n) is 13.8. The van der Waals surface area contributed by atoms with Gasteiger partial charge >= 0.3 is 5.97 Å². The van der Waals surface area contributed by atoms with Crippen LogP contribution in [0.4, 0.5) is 17.6 Å². The summed E-state index contributed by atoms with van der Waals surface area (Å²) in [6.45, 7) is 0. The number of nitrogens with zero attached hydrogens (tertiary/aromatic N) is 3. The van der Waals surface area contributed by atoms with Crippen LogP contribution in [0.15, 0.2) is 52.7 Å². The normalized spacial score (nSPS) is 16.6. The summed E-state index contributed by atoms with van der Waals surface area (Å²) in [6, 6.07) is 7.93. The third-order valence-corrected chi connectivity index (χ3v) is 9.60. The molecule has 2 aromatic carbocycles. The van der Waals surface area contributed by atoms with Gasteiger partial charge in [0.15, 0.2) is 5.69 Å². The summed E-state index contributed by atoms with van der Waals surface area (Å²) in [7, 11) is -4.29. The Kier molecular flexibility index (Phi) is 7.70. The van der Waals surface area contributed by atoms with Crippen LogP contribution in [0.1, 0.15) is 65.0 Å². The van der Waals surface area contributed by atoms with Crippen molar-refractivity contribution >= 4 is 32.9 Å². The van der Waals surface area contributed by atoms with Gasteiger partial charge in [0, 0.05) is 41.3 Å². The molecule has 2 heterocycles. The number of thiazole rings is 1. The molecule has 0 bridgehead atoms. The Hall–Kier alpha value is -3.88. The lowest BCUT2D eigenvalue weighted by Crippen LogP contribution is -2.18. The molecule has 1 saturated carbocycles. The van der Waals surface area contributed by atoms with Crippen LogP contribution >= 0.6 is 11.3 Å². The van der Waals surface area contributed by atoms with Gasteiger partial charge in [-0.1, -0.05) is 12.1 Å². The summed E-state index contributed by atoms with van der Waals surface area (Å²) >= 11 is 1.08. The van der Waals surface area contributed by atoms with Crippen LogP contribution < -0.4 is 5.14 Å². The highest BCUT2D eigenvalue weighted by Crippen LogP contribution is 2.41. The van der Waals surface area contributed by atoms with Crippen LogP contribution in [0.25, 0.3) is 22.0 Å². The minimum atomic E-state index is -4.29. The third-order valence-electron chi connectivity index (χ3n) is 7.84. The summed E-state index contributed by atoms with van der Waals surface area (Å²) < 4.78 is 82.7. The molecule has 0 aliphatic heterocycles. The van der Waals surface area contributed by atoms with Crippen molar-refractivity contribution < 1.29 is 35.9 Å². The number of primary sulfonamides is 1. The van der Waals surface area contributed by atoms with Crippen molar-refractivity contribution in [2.75, 3.05) is 0 Å². The summed E-state index contributed by atoms with van der Waals surface area (Å²) in [6.07, 6.45) is 3.04. The van der Waals surface area contributed by atoms with Crippen LogP contribution in [-0.4, -0.2) is 40.2 Å². The van der Waals surface area contributed by atoms with E-state index in [1.807, 2.05) is 0 Å². The second-order valence-corrected chi connectivity index (χ2v) is 13.5. The number of halogens is 4. The molecule has 0 unspecified atom stereocenters. The van der Waals surface area contributed by atoms with Gasteiger partial charge in [-0.15, -0.1) is 11.3 Å². The molecular weight excluding hydrogens is 620 g/mol. The van der Waals surface area contributed by atoms with Gasteiger partial charge < -0.3 is 5.11 Å². The standard InChI is InChI=1S/C30H26F4N4O4S2/c31-22-5-4-19(14-20(22)18-7-9-30(33,34)10-8-18)27-21(11-17-3-6-26(23(32)12-17)44(35,41)42)25(13-16-1-2-16)38(37-27)29-36-24(15-43-29)28(39)40/h3-7,12,14-16H,1-2,8-11,13H2,(H,39,40)(H2,35,41,42). The van der Waals surface area contributed by atoms with Crippen LogP contribution in [0.2, 0.25) is 0 Å². The molecule has 1 fully saturated rings. The number of benzene rings is 2. The Labute approximate surface area is 253 Å². The summed E-state index contributed by atoms with van der Waals surface area (Å²) in [5, 5.41) is 21.1. The Morgan fingerprint density at radius 1 is 1.14 bits per heavy atom. The molecule has 0 atom stereocenters. The van der Waals surface area contributed by atoms with E-state index in [1.165, 1.54) is 29.7 Å².